The van der Waals surface area contributed by atoms with Gasteiger partial charge in [-0.3, -0.25) is 0 Å². The normalized spacial score (nSPS) is 16.1. The fraction of sp³-hybridized carbons (Fsp3) is 0.824. The molecule has 0 radical (unpaired) electrons. The molecule has 1 N–H and O–H groups in total. The second-order valence-electron chi connectivity index (χ2n) is 6.23. The van der Waals surface area contributed by atoms with E-state index in [2.05, 4.69) is 12.2 Å². The first-order chi connectivity index (χ1) is 11.0. The van der Waals surface area contributed by atoms with Gasteiger partial charge in [0.25, 0.3) is 5.17 Å². The van der Waals surface area contributed by atoms with E-state index in [1.54, 1.807) is 6.08 Å². The fourth-order valence-electron chi connectivity index (χ4n) is 2.59. The summed E-state index contributed by atoms with van der Waals surface area (Å²) in [6.07, 6.45) is 14.5. The molecule has 0 aromatic carbocycles. The van der Waals surface area contributed by atoms with Crippen molar-refractivity contribution in [2.24, 2.45) is 0 Å². The quantitative estimate of drug-likeness (QED) is 0.419. The minimum Gasteiger partial charge on any atom is -0.471 e. The number of unbranched alkanes of at least 4 members (excludes halogenated alkanes) is 9. The van der Waals surface area contributed by atoms with E-state index in [1.165, 1.54) is 51.4 Å². The van der Waals surface area contributed by atoms with Crippen LogP contribution in [0.5, 0.6) is 0 Å². The van der Waals surface area contributed by atoms with Crippen LogP contribution in [0.2, 0.25) is 0 Å². The van der Waals surface area contributed by atoms with Gasteiger partial charge in [0.15, 0.2) is 9.84 Å². The van der Waals surface area contributed by atoms with E-state index in [9.17, 15) is 8.42 Å². The van der Waals surface area contributed by atoms with Gasteiger partial charge in [-0.25, -0.2) is 8.42 Å². The average Bonchev–Trinajstić information content (AvgIpc) is 2.83. The van der Waals surface area contributed by atoms with Gasteiger partial charge in [0, 0.05) is 5.70 Å². The zero-order valence-electron chi connectivity index (χ0n) is 14.3. The van der Waals surface area contributed by atoms with Crippen LogP contribution in [0.3, 0.4) is 0 Å². The molecule has 0 saturated carbocycles. The van der Waals surface area contributed by atoms with Gasteiger partial charge >= 0.3 is 0 Å². The molecule has 0 atom stereocenters. The highest BCUT2D eigenvalue weighted by molar-refractivity contribution is 7.92. The van der Waals surface area contributed by atoms with E-state index >= 15 is 0 Å². The number of thiocarbonyl (C=S) groups is 1. The number of hydrogen-bond donors (Lipinski definition) is 1. The predicted molar refractivity (Wildman–Crippen MR) is 100 cm³/mol. The molecular weight excluding hydrogens is 330 g/mol. The minimum atomic E-state index is -2.96. The van der Waals surface area contributed by atoms with E-state index in [0.29, 0.717) is 12.3 Å². The maximum absolute atomic E-state index is 11.3. The third kappa shape index (κ3) is 10.7. The first kappa shape index (κ1) is 20.4. The number of nitrogens with one attached hydrogen (secondary N) is 1. The van der Waals surface area contributed by atoms with Crippen LogP contribution < -0.4 is 5.32 Å². The lowest BCUT2D eigenvalue weighted by molar-refractivity contribution is 0.289. The first-order valence-corrected chi connectivity index (χ1v) is 11.1. The Kier molecular flexibility index (Phi) is 10.5. The summed E-state index contributed by atoms with van der Waals surface area (Å²) in [5, 5.41) is 3.14. The maximum atomic E-state index is 11.3. The van der Waals surface area contributed by atoms with Crippen LogP contribution >= 0.6 is 12.2 Å². The molecule has 1 aliphatic rings. The lowest BCUT2D eigenvalue weighted by atomic mass is 10.1. The topological polar surface area (TPSA) is 55.4 Å². The van der Waals surface area contributed by atoms with E-state index in [-0.39, 0.29) is 16.7 Å². The maximum Gasteiger partial charge on any atom is 0.260 e. The Morgan fingerprint density at radius 3 is 2.17 bits per heavy atom. The van der Waals surface area contributed by atoms with Crippen LogP contribution in [0.25, 0.3) is 0 Å². The molecule has 4 nitrogen and oxygen atoms in total. The molecule has 0 bridgehead atoms. The van der Waals surface area contributed by atoms with Gasteiger partial charge in [-0.05, 0) is 24.7 Å². The van der Waals surface area contributed by atoms with E-state index < -0.39 is 9.84 Å². The molecule has 23 heavy (non-hydrogen) atoms. The van der Waals surface area contributed by atoms with Crippen molar-refractivity contribution < 1.29 is 13.2 Å². The van der Waals surface area contributed by atoms with Gasteiger partial charge < -0.3 is 10.1 Å². The molecule has 134 valence electrons. The van der Waals surface area contributed by atoms with E-state index in [1.807, 2.05) is 0 Å². The molecule has 1 aliphatic heterocycles. The first-order valence-electron chi connectivity index (χ1n) is 8.87. The lowest BCUT2D eigenvalue weighted by Gasteiger charge is -2.09. The molecule has 6 heteroatoms. The monoisotopic (exact) mass is 361 g/mol. The molecule has 1 heterocycles. The van der Waals surface area contributed by atoms with Crippen molar-refractivity contribution in [1.29, 1.82) is 0 Å². The molecule has 1 rings (SSSR count). The van der Waals surface area contributed by atoms with Crippen LogP contribution in [-0.2, 0) is 14.6 Å². The summed E-state index contributed by atoms with van der Waals surface area (Å²) in [7, 11) is -2.96. The van der Waals surface area contributed by atoms with Crippen molar-refractivity contribution in [2.75, 3.05) is 18.1 Å². The molecule has 0 spiro atoms. The Bertz CT molecular complexity index is 472. The summed E-state index contributed by atoms with van der Waals surface area (Å²) < 4.78 is 28.0. The van der Waals surface area contributed by atoms with Gasteiger partial charge in [-0.15, -0.1) is 0 Å². The third-order valence-corrected chi connectivity index (χ3v) is 5.60. The molecule has 0 fully saturated rings. The molecule has 0 amide bonds. The summed E-state index contributed by atoms with van der Waals surface area (Å²) in [4.78, 5) is 0. The number of hydrogen-bond acceptors (Lipinski definition) is 4. The summed E-state index contributed by atoms with van der Waals surface area (Å²) in [5.74, 6) is 0.130. The Balaban J connectivity index is 1.88. The van der Waals surface area contributed by atoms with Crippen molar-refractivity contribution in [3.8, 4) is 0 Å². The lowest BCUT2D eigenvalue weighted by Crippen LogP contribution is -2.25. The Morgan fingerprint density at radius 1 is 1.09 bits per heavy atom. The highest BCUT2D eigenvalue weighted by Crippen LogP contribution is 2.11. The van der Waals surface area contributed by atoms with Crippen LogP contribution in [0.4, 0.5) is 0 Å². The Labute approximate surface area is 147 Å². The van der Waals surface area contributed by atoms with Gasteiger partial charge in [0.05, 0.1) is 18.1 Å². The van der Waals surface area contributed by atoms with Crippen LogP contribution in [0.15, 0.2) is 11.8 Å². The summed E-state index contributed by atoms with van der Waals surface area (Å²) in [6, 6.07) is 0. The Hall–Kier alpha value is -0.620. The van der Waals surface area contributed by atoms with Gasteiger partial charge in [-0.1, -0.05) is 64.7 Å². The zero-order valence-corrected chi connectivity index (χ0v) is 15.9. The van der Waals surface area contributed by atoms with Crippen LogP contribution in [-0.4, -0.2) is 31.7 Å². The third-order valence-electron chi connectivity index (χ3n) is 3.95. The van der Waals surface area contributed by atoms with Crippen molar-refractivity contribution in [2.45, 2.75) is 71.1 Å². The molecule has 0 aromatic rings. The SMILES string of the molecule is CCCCCCCCCCCCOC(=S)NC1=CCS(=O)(=O)C1. The highest BCUT2D eigenvalue weighted by Gasteiger charge is 2.20. The number of rotatable bonds is 12. The summed E-state index contributed by atoms with van der Waals surface area (Å²) in [6.45, 7) is 2.85. The van der Waals surface area contributed by atoms with Gasteiger partial charge in [0.1, 0.15) is 0 Å². The van der Waals surface area contributed by atoms with Gasteiger partial charge in [0.2, 0.25) is 0 Å². The van der Waals surface area contributed by atoms with Gasteiger partial charge in [-0.2, -0.15) is 0 Å². The standard InChI is InChI=1S/C17H31NO3S2/c1-2-3-4-5-6-7-8-9-10-11-13-21-17(22)18-16-12-14-23(19,20)15-16/h12H,2-11,13-15H2,1H3,(H,18,22). The minimum absolute atomic E-state index is 0.0365. The zero-order chi connectivity index (χ0) is 17.0. The van der Waals surface area contributed by atoms with Crippen LogP contribution in [0, 0.1) is 0 Å². The van der Waals surface area contributed by atoms with Crippen molar-refractivity contribution >= 4 is 27.2 Å². The van der Waals surface area contributed by atoms with Crippen molar-refractivity contribution in [3.63, 3.8) is 0 Å². The predicted octanol–water partition coefficient (Wildman–Crippen LogP) is 4.11. The van der Waals surface area contributed by atoms with Crippen molar-refractivity contribution in [1.82, 2.24) is 5.32 Å². The molecule has 0 unspecified atom stereocenters. The molecule has 0 saturated heterocycles. The molecular formula is C17H31NO3S2. The Morgan fingerprint density at radius 2 is 1.65 bits per heavy atom. The number of sulfone groups is 1. The van der Waals surface area contributed by atoms with Crippen molar-refractivity contribution in [3.05, 3.63) is 11.8 Å². The molecule has 0 aliphatic carbocycles. The van der Waals surface area contributed by atoms with Crippen LogP contribution in [0.1, 0.15) is 71.1 Å². The second-order valence-corrected chi connectivity index (χ2v) is 8.71. The smallest absolute Gasteiger partial charge is 0.260 e. The van der Waals surface area contributed by atoms with E-state index in [4.69, 9.17) is 17.0 Å². The molecule has 0 aromatic heterocycles. The number of ether oxygens (including phenoxy) is 1. The second kappa shape index (κ2) is 11.8. The average molecular weight is 362 g/mol. The van der Waals surface area contributed by atoms with E-state index in [0.717, 1.165) is 12.8 Å². The largest absolute Gasteiger partial charge is 0.471 e. The fourth-order valence-corrected chi connectivity index (χ4v) is 4.04. The summed E-state index contributed by atoms with van der Waals surface area (Å²) >= 11 is 5.07. The summed E-state index contributed by atoms with van der Waals surface area (Å²) in [5.41, 5.74) is 0.637. The highest BCUT2D eigenvalue weighted by atomic mass is 32.2.